The Labute approximate surface area is 139 Å². The van der Waals surface area contributed by atoms with Crippen molar-refractivity contribution in [2.24, 2.45) is 0 Å². The molecule has 0 unspecified atom stereocenters. The summed E-state index contributed by atoms with van der Waals surface area (Å²) in [6.45, 7) is 1.99. The highest BCUT2D eigenvalue weighted by Crippen LogP contribution is 2.25. The molecule has 3 nitrogen and oxygen atoms in total. The van der Waals surface area contributed by atoms with Crippen molar-refractivity contribution in [2.75, 3.05) is 5.32 Å². The first-order chi connectivity index (χ1) is 11.2. The molecule has 0 fully saturated rings. The van der Waals surface area contributed by atoms with Crippen LogP contribution in [0.4, 0.5) is 5.69 Å². The van der Waals surface area contributed by atoms with Gasteiger partial charge in [0.25, 0.3) is 5.91 Å². The zero-order valence-corrected chi connectivity index (χ0v) is 13.6. The first-order valence-corrected chi connectivity index (χ1v) is 8.33. The Hall–Kier alpha value is -2.46. The summed E-state index contributed by atoms with van der Waals surface area (Å²) in [5, 5.41) is 2.87. The molecule has 0 saturated heterocycles. The Balaban J connectivity index is 1.65. The predicted molar refractivity (Wildman–Crippen MR) is 93.8 cm³/mol. The first kappa shape index (κ1) is 15.4. The Morgan fingerprint density at radius 1 is 1.09 bits per heavy atom. The fourth-order valence-electron chi connectivity index (χ4n) is 2.23. The highest BCUT2D eigenvalue weighted by Gasteiger charge is 2.10. The van der Waals surface area contributed by atoms with E-state index in [1.807, 2.05) is 37.3 Å². The van der Waals surface area contributed by atoms with E-state index in [1.54, 1.807) is 23.9 Å². The van der Waals surface area contributed by atoms with E-state index in [0.29, 0.717) is 5.76 Å². The number of thioether (sulfide) groups is 1. The van der Waals surface area contributed by atoms with Crippen molar-refractivity contribution in [3.05, 3.63) is 83.8 Å². The van der Waals surface area contributed by atoms with Gasteiger partial charge in [0.1, 0.15) is 0 Å². The molecule has 3 aromatic rings. The van der Waals surface area contributed by atoms with Crippen LogP contribution in [0.5, 0.6) is 0 Å². The van der Waals surface area contributed by atoms with Crippen LogP contribution in [0.15, 0.2) is 76.2 Å². The smallest absolute Gasteiger partial charge is 0.291 e. The molecular weight excluding hydrogens is 306 g/mol. The summed E-state index contributed by atoms with van der Waals surface area (Å²) >= 11 is 1.80. The molecule has 4 heteroatoms. The van der Waals surface area contributed by atoms with Gasteiger partial charge in [-0.1, -0.05) is 30.3 Å². The predicted octanol–water partition coefficient (Wildman–Crippen LogP) is 5.13. The molecule has 0 spiro atoms. The van der Waals surface area contributed by atoms with Gasteiger partial charge >= 0.3 is 0 Å². The second-order valence-corrected chi connectivity index (χ2v) is 6.23. The van der Waals surface area contributed by atoms with Crippen LogP contribution in [0.3, 0.4) is 0 Å². The van der Waals surface area contributed by atoms with Gasteiger partial charge in [0.05, 0.1) is 6.26 Å². The van der Waals surface area contributed by atoms with E-state index >= 15 is 0 Å². The van der Waals surface area contributed by atoms with Gasteiger partial charge in [-0.3, -0.25) is 4.79 Å². The third kappa shape index (κ3) is 4.05. The van der Waals surface area contributed by atoms with Gasteiger partial charge in [0, 0.05) is 16.3 Å². The highest BCUT2D eigenvalue weighted by atomic mass is 32.2. The van der Waals surface area contributed by atoms with E-state index in [-0.39, 0.29) is 5.91 Å². The number of anilines is 1. The molecule has 23 heavy (non-hydrogen) atoms. The van der Waals surface area contributed by atoms with Crippen LogP contribution < -0.4 is 5.32 Å². The van der Waals surface area contributed by atoms with Crippen molar-refractivity contribution in [2.45, 2.75) is 17.6 Å². The van der Waals surface area contributed by atoms with Gasteiger partial charge in [0.15, 0.2) is 5.76 Å². The molecule has 0 saturated carbocycles. The molecule has 0 aliphatic heterocycles. The fraction of sp³-hybridized carbons (Fsp3) is 0.105. The molecule has 0 atom stereocenters. The molecule has 0 radical (unpaired) electrons. The summed E-state index contributed by atoms with van der Waals surface area (Å²) in [7, 11) is 0. The Kier molecular flexibility index (Phi) is 4.83. The lowest BCUT2D eigenvalue weighted by atomic mass is 10.1. The quantitative estimate of drug-likeness (QED) is 0.662. The van der Waals surface area contributed by atoms with E-state index < -0.39 is 0 Å². The molecule has 1 N–H and O–H groups in total. The highest BCUT2D eigenvalue weighted by molar-refractivity contribution is 7.98. The van der Waals surface area contributed by atoms with Gasteiger partial charge in [-0.25, -0.2) is 0 Å². The second-order valence-electron chi connectivity index (χ2n) is 5.18. The number of carbonyl (C=O) groups is 1. The molecule has 2 aromatic carbocycles. The maximum Gasteiger partial charge on any atom is 0.291 e. The summed E-state index contributed by atoms with van der Waals surface area (Å²) in [5.41, 5.74) is 3.07. The number of nitrogens with one attached hydrogen (secondary N) is 1. The molecule has 1 amide bonds. The normalized spacial score (nSPS) is 10.5. The van der Waals surface area contributed by atoms with Crippen LogP contribution in [0.2, 0.25) is 0 Å². The minimum Gasteiger partial charge on any atom is -0.459 e. The van der Waals surface area contributed by atoms with E-state index in [4.69, 9.17) is 4.42 Å². The number of carbonyl (C=O) groups excluding carboxylic acids is 1. The lowest BCUT2D eigenvalue weighted by Gasteiger charge is -2.09. The number of rotatable bonds is 5. The minimum absolute atomic E-state index is 0.232. The summed E-state index contributed by atoms with van der Waals surface area (Å²) < 4.78 is 5.10. The van der Waals surface area contributed by atoms with Crippen molar-refractivity contribution in [1.29, 1.82) is 0 Å². The lowest BCUT2D eigenvalue weighted by molar-refractivity contribution is 0.0996. The van der Waals surface area contributed by atoms with E-state index in [2.05, 4.69) is 23.5 Å². The number of amides is 1. The number of furan rings is 1. The summed E-state index contributed by atoms with van der Waals surface area (Å²) in [6, 6.07) is 19.8. The molecule has 0 aliphatic rings. The van der Waals surface area contributed by atoms with Gasteiger partial charge < -0.3 is 9.73 Å². The first-order valence-electron chi connectivity index (χ1n) is 7.34. The van der Waals surface area contributed by atoms with Crippen molar-refractivity contribution < 1.29 is 9.21 Å². The number of aryl methyl sites for hydroxylation is 1. The lowest BCUT2D eigenvalue weighted by Crippen LogP contribution is -2.11. The molecule has 1 aromatic heterocycles. The SMILES string of the molecule is Cc1cc(CSc2ccccc2)ccc1NC(=O)c1ccco1. The van der Waals surface area contributed by atoms with Gasteiger partial charge in [-0.15, -0.1) is 11.8 Å². The van der Waals surface area contributed by atoms with Crippen LogP contribution in [-0.2, 0) is 5.75 Å². The average Bonchev–Trinajstić information content (AvgIpc) is 3.11. The van der Waals surface area contributed by atoms with Crippen molar-refractivity contribution in [1.82, 2.24) is 0 Å². The fourth-order valence-corrected chi connectivity index (χ4v) is 3.09. The van der Waals surface area contributed by atoms with E-state index in [1.165, 1.54) is 16.7 Å². The Morgan fingerprint density at radius 2 is 1.91 bits per heavy atom. The van der Waals surface area contributed by atoms with Crippen LogP contribution in [-0.4, -0.2) is 5.91 Å². The molecule has 0 aliphatic carbocycles. The topological polar surface area (TPSA) is 42.2 Å². The van der Waals surface area contributed by atoms with Crippen LogP contribution in [0, 0.1) is 6.92 Å². The van der Waals surface area contributed by atoms with E-state index in [9.17, 15) is 4.79 Å². The summed E-state index contributed by atoms with van der Waals surface area (Å²) in [6.07, 6.45) is 1.49. The summed E-state index contributed by atoms with van der Waals surface area (Å²) in [5.74, 6) is 0.981. The molecular formula is C19H17NO2S. The van der Waals surface area contributed by atoms with Gasteiger partial charge in [-0.05, 0) is 48.4 Å². The van der Waals surface area contributed by atoms with Gasteiger partial charge in [0.2, 0.25) is 0 Å². The molecule has 3 rings (SSSR count). The van der Waals surface area contributed by atoms with Crippen molar-refractivity contribution in [3.63, 3.8) is 0 Å². The zero-order chi connectivity index (χ0) is 16.1. The van der Waals surface area contributed by atoms with Crippen LogP contribution in [0.25, 0.3) is 0 Å². The van der Waals surface area contributed by atoms with Crippen LogP contribution >= 0.6 is 11.8 Å². The maximum absolute atomic E-state index is 12.0. The molecule has 0 bridgehead atoms. The average molecular weight is 323 g/mol. The zero-order valence-electron chi connectivity index (χ0n) is 12.8. The third-order valence-electron chi connectivity index (χ3n) is 3.43. The Morgan fingerprint density at radius 3 is 2.61 bits per heavy atom. The van der Waals surface area contributed by atoms with Gasteiger partial charge in [-0.2, -0.15) is 0 Å². The molecule has 116 valence electrons. The second kappa shape index (κ2) is 7.20. The third-order valence-corrected chi connectivity index (χ3v) is 4.52. The number of hydrogen-bond acceptors (Lipinski definition) is 3. The summed E-state index contributed by atoms with van der Waals surface area (Å²) in [4.78, 5) is 13.3. The number of hydrogen-bond donors (Lipinski definition) is 1. The monoisotopic (exact) mass is 323 g/mol. The van der Waals surface area contributed by atoms with Crippen LogP contribution in [0.1, 0.15) is 21.7 Å². The number of benzene rings is 2. The van der Waals surface area contributed by atoms with E-state index in [0.717, 1.165) is 17.0 Å². The largest absolute Gasteiger partial charge is 0.459 e. The Bertz CT molecular complexity index is 782. The van der Waals surface area contributed by atoms with Crippen molar-refractivity contribution >= 4 is 23.4 Å². The van der Waals surface area contributed by atoms with Crippen molar-refractivity contribution in [3.8, 4) is 0 Å². The maximum atomic E-state index is 12.0. The molecule has 1 heterocycles. The minimum atomic E-state index is -0.232. The standard InChI is InChI=1S/C19H17NO2S/c1-14-12-15(13-23-16-6-3-2-4-7-16)9-10-17(14)20-19(21)18-8-5-11-22-18/h2-12H,13H2,1H3,(H,20,21).